The Morgan fingerprint density at radius 1 is 1.36 bits per heavy atom. The van der Waals surface area contributed by atoms with E-state index in [4.69, 9.17) is 4.84 Å². The lowest BCUT2D eigenvalue weighted by Gasteiger charge is -1.94. The van der Waals surface area contributed by atoms with E-state index in [-0.39, 0.29) is 0 Å². The van der Waals surface area contributed by atoms with E-state index >= 15 is 0 Å². The number of aryl methyl sites for hydroxylation is 1. The van der Waals surface area contributed by atoms with Gasteiger partial charge in [0.05, 0.1) is 0 Å². The van der Waals surface area contributed by atoms with Crippen LogP contribution in [0.5, 0.6) is 0 Å². The number of aromatic nitrogens is 1. The molecular formula is C9H14NO+. The summed E-state index contributed by atoms with van der Waals surface area (Å²) >= 11 is 0. The quantitative estimate of drug-likeness (QED) is 0.588. The Bertz CT molecular complexity index is 205. The molecule has 0 aromatic carbocycles. The van der Waals surface area contributed by atoms with Crippen molar-refractivity contribution in [2.24, 2.45) is 0 Å². The lowest BCUT2D eigenvalue weighted by Crippen LogP contribution is -2.39. The predicted molar refractivity (Wildman–Crippen MR) is 43.1 cm³/mol. The van der Waals surface area contributed by atoms with Gasteiger partial charge in [-0.2, -0.15) is 0 Å². The highest BCUT2D eigenvalue weighted by Crippen LogP contribution is 1.98. The van der Waals surface area contributed by atoms with Gasteiger partial charge in [-0.25, -0.2) is 0 Å². The van der Waals surface area contributed by atoms with Gasteiger partial charge in [0.25, 0.3) is 0 Å². The highest BCUT2D eigenvalue weighted by molar-refractivity contribution is 5.06. The van der Waals surface area contributed by atoms with E-state index in [2.05, 4.69) is 19.1 Å². The molecule has 0 amide bonds. The fourth-order valence-electron chi connectivity index (χ4n) is 1.02. The molecule has 0 unspecified atom stereocenters. The van der Waals surface area contributed by atoms with Crippen molar-refractivity contribution in [1.29, 1.82) is 0 Å². The van der Waals surface area contributed by atoms with Crippen molar-refractivity contribution in [2.45, 2.75) is 19.8 Å². The molecule has 0 radical (unpaired) electrons. The summed E-state index contributed by atoms with van der Waals surface area (Å²) in [5, 5.41) is 0. The van der Waals surface area contributed by atoms with Gasteiger partial charge in [0.15, 0.2) is 0 Å². The monoisotopic (exact) mass is 152 g/mol. The van der Waals surface area contributed by atoms with Gasteiger partial charge in [0.1, 0.15) is 7.11 Å². The van der Waals surface area contributed by atoms with Gasteiger partial charge in [0, 0.05) is 16.9 Å². The average Bonchev–Trinajstić information content (AvgIpc) is 2.07. The molecule has 0 spiro atoms. The number of rotatable bonds is 3. The maximum Gasteiger partial charge on any atom is 0.222 e. The largest absolute Gasteiger partial charge is 0.275 e. The molecule has 0 saturated carbocycles. The molecule has 2 nitrogen and oxygen atoms in total. The second kappa shape index (κ2) is 3.96. The van der Waals surface area contributed by atoms with Crippen LogP contribution in [0.3, 0.4) is 0 Å². The molecular weight excluding hydrogens is 138 g/mol. The van der Waals surface area contributed by atoms with Crippen LogP contribution in [0.25, 0.3) is 0 Å². The maximum absolute atomic E-state index is 4.96. The predicted octanol–water partition coefficient (Wildman–Crippen LogP) is 0.985. The van der Waals surface area contributed by atoms with Crippen LogP contribution < -0.4 is 9.57 Å². The molecule has 1 aromatic heterocycles. The van der Waals surface area contributed by atoms with Crippen LogP contribution in [-0.2, 0) is 6.42 Å². The second-order valence-electron chi connectivity index (χ2n) is 2.50. The van der Waals surface area contributed by atoms with Gasteiger partial charge in [-0.1, -0.05) is 13.3 Å². The summed E-state index contributed by atoms with van der Waals surface area (Å²) in [7, 11) is 1.65. The molecule has 0 atom stereocenters. The third-order valence-corrected chi connectivity index (χ3v) is 1.62. The molecule has 0 aliphatic carbocycles. The van der Waals surface area contributed by atoms with Crippen molar-refractivity contribution >= 4 is 0 Å². The number of hydrogen-bond acceptors (Lipinski definition) is 1. The molecule has 1 heterocycles. The van der Waals surface area contributed by atoms with Crippen LogP contribution in [0.15, 0.2) is 24.5 Å². The topological polar surface area (TPSA) is 13.1 Å². The van der Waals surface area contributed by atoms with E-state index in [1.54, 1.807) is 11.8 Å². The average molecular weight is 152 g/mol. The van der Waals surface area contributed by atoms with Crippen molar-refractivity contribution in [3.63, 3.8) is 0 Å². The third-order valence-electron chi connectivity index (χ3n) is 1.62. The Morgan fingerprint density at radius 3 is 2.45 bits per heavy atom. The lowest BCUT2D eigenvalue weighted by molar-refractivity contribution is -0.885. The Hall–Kier alpha value is -1.05. The molecule has 1 aromatic rings. The summed E-state index contributed by atoms with van der Waals surface area (Å²) in [6, 6.07) is 4.15. The normalized spacial score (nSPS) is 9.64. The second-order valence-corrected chi connectivity index (χ2v) is 2.50. The number of nitrogens with zero attached hydrogens (tertiary/aromatic N) is 1. The van der Waals surface area contributed by atoms with Gasteiger partial charge in [-0.05, 0) is 12.0 Å². The summed E-state index contributed by atoms with van der Waals surface area (Å²) in [6.07, 6.45) is 6.18. The fourth-order valence-corrected chi connectivity index (χ4v) is 1.02. The molecule has 0 N–H and O–H groups in total. The third kappa shape index (κ3) is 2.22. The van der Waals surface area contributed by atoms with Crippen LogP contribution in [0.4, 0.5) is 0 Å². The molecule has 0 saturated heterocycles. The Balaban J connectivity index is 2.66. The summed E-state index contributed by atoms with van der Waals surface area (Å²) in [5.74, 6) is 0. The molecule has 2 heteroatoms. The number of hydrogen-bond donors (Lipinski definition) is 0. The van der Waals surface area contributed by atoms with Crippen molar-refractivity contribution in [3.8, 4) is 0 Å². The summed E-state index contributed by atoms with van der Waals surface area (Å²) in [6.45, 7) is 2.18. The Kier molecular flexibility index (Phi) is 2.90. The minimum Gasteiger partial charge on any atom is -0.275 e. The van der Waals surface area contributed by atoms with Crippen molar-refractivity contribution in [1.82, 2.24) is 0 Å². The summed E-state index contributed by atoms with van der Waals surface area (Å²) in [5.41, 5.74) is 1.36. The van der Waals surface area contributed by atoms with Crippen LogP contribution in [0.2, 0.25) is 0 Å². The van der Waals surface area contributed by atoms with Gasteiger partial charge < -0.3 is 0 Å². The smallest absolute Gasteiger partial charge is 0.222 e. The fraction of sp³-hybridized carbons (Fsp3) is 0.444. The van der Waals surface area contributed by atoms with Gasteiger partial charge in [-0.3, -0.25) is 4.84 Å². The highest BCUT2D eigenvalue weighted by atomic mass is 16.6. The van der Waals surface area contributed by atoms with E-state index in [1.165, 1.54) is 12.0 Å². The highest BCUT2D eigenvalue weighted by Gasteiger charge is 1.97. The van der Waals surface area contributed by atoms with Crippen LogP contribution >= 0.6 is 0 Å². The molecule has 0 aliphatic heterocycles. The minimum atomic E-state index is 1.14. The summed E-state index contributed by atoms with van der Waals surface area (Å²) < 4.78 is 1.68. The molecule has 0 bridgehead atoms. The van der Waals surface area contributed by atoms with E-state index in [1.807, 2.05) is 12.4 Å². The van der Waals surface area contributed by atoms with E-state index < -0.39 is 0 Å². The number of pyridine rings is 1. The van der Waals surface area contributed by atoms with Gasteiger partial charge >= 0.3 is 0 Å². The van der Waals surface area contributed by atoms with Crippen LogP contribution in [0.1, 0.15) is 18.9 Å². The first-order chi connectivity index (χ1) is 5.36. The molecule has 11 heavy (non-hydrogen) atoms. The van der Waals surface area contributed by atoms with Crippen molar-refractivity contribution in [3.05, 3.63) is 30.1 Å². The zero-order valence-electron chi connectivity index (χ0n) is 7.08. The zero-order chi connectivity index (χ0) is 8.10. The van der Waals surface area contributed by atoms with E-state index in [0.717, 1.165) is 6.42 Å². The van der Waals surface area contributed by atoms with Gasteiger partial charge in [0.2, 0.25) is 12.4 Å². The Morgan fingerprint density at radius 2 is 2.00 bits per heavy atom. The first kappa shape index (κ1) is 8.05. The van der Waals surface area contributed by atoms with Gasteiger partial charge in [-0.15, -0.1) is 0 Å². The lowest BCUT2D eigenvalue weighted by atomic mass is 10.2. The first-order valence-corrected chi connectivity index (χ1v) is 3.91. The molecule has 0 fully saturated rings. The van der Waals surface area contributed by atoms with E-state index in [9.17, 15) is 0 Å². The molecule has 0 aliphatic rings. The molecule has 60 valence electrons. The SMILES string of the molecule is CCCc1cc[n+](OC)cc1. The standard InChI is InChI=1S/C9H14NO/c1-3-4-9-5-7-10(11-2)8-6-9/h5-8H,3-4H2,1-2H3/q+1. The Labute approximate surface area is 67.4 Å². The van der Waals surface area contributed by atoms with Crippen LogP contribution in [-0.4, -0.2) is 7.11 Å². The summed E-state index contributed by atoms with van der Waals surface area (Å²) in [4.78, 5) is 4.96. The maximum atomic E-state index is 4.96. The minimum absolute atomic E-state index is 1.14. The zero-order valence-corrected chi connectivity index (χ0v) is 7.08. The van der Waals surface area contributed by atoms with E-state index in [0.29, 0.717) is 0 Å². The van der Waals surface area contributed by atoms with Crippen molar-refractivity contribution < 1.29 is 9.57 Å². The molecule has 1 rings (SSSR count). The van der Waals surface area contributed by atoms with Crippen LogP contribution in [0, 0.1) is 0 Å². The van der Waals surface area contributed by atoms with Crippen molar-refractivity contribution in [2.75, 3.05) is 7.11 Å². The first-order valence-electron chi connectivity index (χ1n) is 3.91.